The molecule has 8 nitrogen and oxygen atoms in total. The third kappa shape index (κ3) is 6.48. The number of hydrogen-bond acceptors (Lipinski definition) is 7. The monoisotopic (exact) mass is 478 g/mol. The maximum Gasteiger partial charge on any atom is 0.412 e. The van der Waals surface area contributed by atoms with Crippen LogP contribution in [-0.4, -0.2) is 30.4 Å². The number of nitrogens with zero attached hydrogens (tertiary/aromatic N) is 1. The van der Waals surface area contributed by atoms with E-state index in [0.717, 1.165) is 29.5 Å². The fourth-order valence-electron chi connectivity index (χ4n) is 3.77. The van der Waals surface area contributed by atoms with Crippen molar-refractivity contribution < 1.29 is 28.3 Å². The second-order valence-electron chi connectivity index (χ2n) is 8.75. The lowest BCUT2D eigenvalue weighted by atomic mass is 10.1. The number of carbonyl (C=O) groups excluding carboxylic acids is 2. The summed E-state index contributed by atoms with van der Waals surface area (Å²) in [7, 11) is 1.38. The first-order valence-corrected chi connectivity index (χ1v) is 11.7. The molecule has 1 aromatic heterocycles. The average Bonchev–Trinajstić information content (AvgIpc) is 3.63. The summed E-state index contributed by atoms with van der Waals surface area (Å²) in [5, 5.41) is 6.77. The van der Waals surface area contributed by atoms with Gasteiger partial charge in [-0.3, -0.25) is 5.32 Å². The normalized spacial score (nSPS) is 14.7. The summed E-state index contributed by atoms with van der Waals surface area (Å²) in [5.74, 6) is 0.639. The number of ether oxygens (including phenoxy) is 3. The van der Waals surface area contributed by atoms with Gasteiger partial charge in [0, 0.05) is 5.56 Å². The predicted octanol–water partition coefficient (Wildman–Crippen LogP) is 5.82. The van der Waals surface area contributed by atoms with Crippen molar-refractivity contribution in [2.75, 3.05) is 12.4 Å². The maximum absolute atomic E-state index is 12.5. The topological polar surface area (TPSA) is 99.9 Å². The molecule has 1 aliphatic rings. The molecule has 0 saturated heterocycles. The molecule has 35 heavy (non-hydrogen) atoms. The highest BCUT2D eigenvalue weighted by molar-refractivity contribution is 5.90. The van der Waals surface area contributed by atoms with E-state index in [9.17, 15) is 9.59 Å². The van der Waals surface area contributed by atoms with Gasteiger partial charge in [-0.1, -0.05) is 72.6 Å². The van der Waals surface area contributed by atoms with Gasteiger partial charge in [-0.15, -0.1) is 0 Å². The van der Waals surface area contributed by atoms with Crippen LogP contribution >= 0.6 is 0 Å². The molecule has 1 amide bonds. The summed E-state index contributed by atoms with van der Waals surface area (Å²) in [4.78, 5) is 24.5. The minimum Gasteiger partial charge on any atom is -0.467 e. The van der Waals surface area contributed by atoms with Gasteiger partial charge in [-0.25, -0.2) is 9.59 Å². The zero-order valence-electron chi connectivity index (χ0n) is 20.2. The molecule has 0 radical (unpaired) electrons. The number of nitrogens with one attached hydrogen (secondary N) is 1. The first kappa shape index (κ1) is 24.5. The molecule has 184 valence electrons. The van der Waals surface area contributed by atoms with E-state index in [4.69, 9.17) is 18.7 Å². The summed E-state index contributed by atoms with van der Waals surface area (Å²) in [5.41, 5.74) is 3.53. The van der Waals surface area contributed by atoms with Crippen molar-refractivity contribution in [3.05, 3.63) is 71.4 Å². The van der Waals surface area contributed by atoms with Crippen LogP contribution in [0.2, 0.25) is 0 Å². The zero-order chi connectivity index (χ0) is 24.8. The van der Waals surface area contributed by atoms with E-state index < -0.39 is 18.3 Å². The van der Waals surface area contributed by atoms with E-state index >= 15 is 0 Å². The number of aromatic nitrogens is 1. The third-order valence-corrected chi connectivity index (χ3v) is 6.02. The second kappa shape index (κ2) is 11.2. The number of esters is 1. The van der Waals surface area contributed by atoms with Crippen LogP contribution in [0.25, 0.3) is 11.3 Å². The number of aryl methyl sites for hydroxylation is 1. The van der Waals surface area contributed by atoms with Crippen molar-refractivity contribution in [3.8, 4) is 11.3 Å². The summed E-state index contributed by atoms with van der Waals surface area (Å²) in [6.07, 6.45) is 1.41. The number of rotatable bonds is 10. The number of hydrogen-bond donors (Lipinski definition) is 1. The smallest absolute Gasteiger partial charge is 0.412 e. The molecule has 1 saturated carbocycles. The van der Waals surface area contributed by atoms with Crippen LogP contribution < -0.4 is 5.32 Å². The highest BCUT2D eigenvalue weighted by atomic mass is 16.6. The van der Waals surface area contributed by atoms with Gasteiger partial charge in [0.15, 0.2) is 11.9 Å². The van der Waals surface area contributed by atoms with E-state index in [2.05, 4.69) is 10.5 Å². The molecule has 1 aliphatic carbocycles. The van der Waals surface area contributed by atoms with Crippen molar-refractivity contribution in [1.29, 1.82) is 0 Å². The number of carbonyl (C=O) groups is 2. The van der Waals surface area contributed by atoms with Crippen LogP contribution in [0.3, 0.4) is 0 Å². The predicted molar refractivity (Wildman–Crippen MR) is 130 cm³/mol. The molecule has 2 aromatic carbocycles. The Balaban J connectivity index is 1.39. The molecule has 1 fully saturated rings. The summed E-state index contributed by atoms with van der Waals surface area (Å²) in [6, 6.07) is 17.0. The molecular weight excluding hydrogens is 448 g/mol. The second-order valence-corrected chi connectivity index (χ2v) is 8.75. The van der Waals surface area contributed by atoms with Gasteiger partial charge in [0.05, 0.1) is 13.7 Å². The minimum atomic E-state index is -0.594. The molecule has 8 heteroatoms. The maximum atomic E-state index is 12.5. The largest absolute Gasteiger partial charge is 0.467 e. The molecule has 1 N–H and O–H groups in total. The van der Waals surface area contributed by atoms with Crippen LogP contribution in [0, 0.1) is 12.8 Å². The van der Waals surface area contributed by atoms with Gasteiger partial charge in [0.2, 0.25) is 0 Å². The quantitative estimate of drug-likeness (QED) is 0.367. The first-order valence-electron chi connectivity index (χ1n) is 11.7. The van der Waals surface area contributed by atoms with Crippen LogP contribution in [0.4, 0.5) is 10.5 Å². The molecule has 4 rings (SSSR count). The van der Waals surface area contributed by atoms with Crippen molar-refractivity contribution in [2.24, 2.45) is 5.92 Å². The van der Waals surface area contributed by atoms with E-state index in [1.54, 1.807) is 6.92 Å². The van der Waals surface area contributed by atoms with Gasteiger partial charge in [-0.05, 0) is 37.3 Å². The number of anilines is 1. The van der Waals surface area contributed by atoms with Crippen LogP contribution in [0.15, 0.2) is 59.1 Å². The van der Waals surface area contributed by atoms with Crippen LogP contribution in [0.5, 0.6) is 0 Å². The van der Waals surface area contributed by atoms with Crippen molar-refractivity contribution in [1.82, 2.24) is 5.16 Å². The van der Waals surface area contributed by atoms with Crippen molar-refractivity contribution >= 4 is 17.7 Å². The summed E-state index contributed by atoms with van der Waals surface area (Å²) >= 11 is 0. The fourth-order valence-corrected chi connectivity index (χ4v) is 3.77. The SMILES string of the molecule is COC(=O)[C@@H](CC1CC1)OCc1ccc(-c2onc(C)c2NC(=O)O[C@H](C)c2ccccc2)cc1. The van der Waals surface area contributed by atoms with E-state index in [-0.39, 0.29) is 12.6 Å². The highest BCUT2D eigenvalue weighted by Crippen LogP contribution is 2.35. The third-order valence-electron chi connectivity index (χ3n) is 6.02. The Morgan fingerprint density at radius 3 is 2.49 bits per heavy atom. The Labute approximate surface area is 204 Å². The number of benzene rings is 2. The van der Waals surface area contributed by atoms with Crippen molar-refractivity contribution in [2.45, 2.75) is 51.9 Å². The molecule has 3 aromatic rings. The molecule has 2 atom stereocenters. The lowest BCUT2D eigenvalue weighted by molar-refractivity contribution is -0.155. The van der Waals surface area contributed by atoms with E-state index in [0.29, 0.717) is 29.5 Å². The fraction of sp³-hybridized carbons (Fsp3) is 0.370. The Morgan fingerprint density at radius 1 is 1.11 bits per heavy atom. The summed E-state index contributed by atoms with van der Waals surface area (Å²) < 4.78 is 21.7. The average molecular weight is 479 g/mol. The Hall–Kier alpha value is -3.65. The molecule has 0 bridgehead atoms. The van der Waals surface area contributed by atoms with E-state index in [1.165, 1.54) is 7.11 Å². The van der Waals surface area contributed by atoms with Crippen molar-refractivity contribution in [3.63, 3.8) is 0 Å². The molecular formula is C27H30N2O6. The number of methoxy groups -OCH3 is 1. The van der Waals surface area contributed by atoms with Crippen LogP contribution in [-0.2, 0) is 25.6 Å². The Kier molecular flexibility index (Phi) is 7.82. The molecule has 0 aliphatic heterocycles. The lowest BCUT2D eigenvalue weighted by Gasteiger charge is -2.15. The van der Waals surface area contributed by atoms with Crippen LogP contribution in [0.1, 0.15) is 49.1 Å². The zero-order valence-corrected chi connectivity index (χ0v) is 20.2. The standard InChI is InChI=1S/C27H30N2O6/c1-17-24(28-27(31)34-18(2)21-7-5-4-6-8-21)25(35-29-17)22-13-11-20(12-14-22)16-33-23(26(30)32-3)15-19-9-10-19/h4-8,11-14,18-19,23H,9-10,15-16H2,1-3H3,(H,28,31)/t18-,23-/m1/s1. The Morgan fingerprint density at radius 2 is 1.83 bits per heavy atom. The van der Waals surface area contributed by atoms with E-state index in [1.807, 2.05) is 61.5 Å². The highest BCUT2D eigenvalue weighted by Gasteiger charge is 2.30. The minimum absolute atomic E-state index is 0.289. The molecule has 0 spiro atoms. The molecule has 0 unspecified atom stereocenters. The lowest BCUT2D eigenvalue weighted by Crippen LogP contribution is -2.26. The van der Waals surface area contributed by atoms with Gasteiger partial charge >= 0.3 is 12.1 Å². The summed E-state index contributed by atoms with van der Waals surface area (Å²) in [6.45, 7) is 3.85. The Bertz CT molecular complexity index is 1140. The molecule has 1 heterocycles. The van der Waals surface area contributed by atoms with Gasteiger partial charge in [-0.2, -0.15) is 0 Å². The first-order chi connectivity index (χ1) is 16.9. The van der Waals surface area contributed by atoms with Gasteiger partial charge in [0.25, 0.3) is 0 Å². The van der Waals surface area contributed by atoms with Gasteiger partial charge in [0.1, 0.15) is 17.5 Å². The van der Waals surface area contributed by atoms with Gasteiger partial charge < -0.3 is 18.7 Å². The number of amides is 1.